The Labute approximate surface area is 147 Å². The standard InChI is InChI=1S/C14H10F3N5O3S/c1-2-25-11(24)7-5-3-4-6-8(7)18-9(23)10-21-22-12(14(15,16)17)19-20-13(22)26-10/h3-6H,2H2,1H3,(H,18,23). The van der Waals surface area contributed by atoms with E-state index in [0.29, 0.717) is 15.9 Å². The van der Waals surface area contributed by atoms with E-state index in [1.807, 2.05) is 0 Å². The molecule has 0 radical (unpaired) electrons. The van der Waals surface area contributed by atoms with Gasteiger partial charge in [0.1, 0.15) is 0 Å². The molecule has 1 amide bonds. The van der Waals surface area contributed by atoms with Crippen molar-refractivity contribution in [1.29, 1.82) is 0 Å². The smallest absolute Gasteiger partial charge is 0.453 e. The lowest BCUT2D eigenvalue weighted by atomic mass is 10.2. The number of aromatic nitrogens is 4. The van der Waals surface area contributed by atoms with Crippen LogP contribution in [0.2, 0.25) is 0 Å². The average Bonchev–Trinajstić information content (AvgIpc) is 3.15. The minimum Gasteiger partial charge on any atom is -0.462 e. The number of ether oxygens (including phenoxy) is 1. The SMILES string of the molecule is CCOC(=O)c1ccccc1NC(=O)c1nn2c(C(F)(F)F)nnc2s1. The van der Waals surface area contributed by atoms with Gasteiger partial charge in [-0.3, -0.25) is 4.79 Å². The number of carbonyl (C=O) groups is 2. The lowest BCUT2D eigenvalue weighted by Crippen LogP contribution is -2.17. The van der Waals surface area contributed by atoms with E-state index in [1.54, 1.807) is 19.1 Å². The number of benzene rings is 1. The van der Waals surface area contributed by atoms with Gasteiger partial charge < -0.3 is 10.1 Å². The maximum absolute atomic E-state index is 12.8. The van der Waals surface area contributed by atoms with Crippen LogP contribution in [0.5, 0.6) is 0 Å². The topological polar surface area (TPSA) is 98.5 Å². The Kier molecular flexibility index (Phi) is 4.59. The van der Waals surface area contributed by atoms with Gasteiger partial charge in [0, 0.05) is 0 Å². The number of nitrogens with zero attached hydrogens (tertiary/aromatic N) is 4. The molecule has 136 valence electrons. The van der Waals surface area contributed by atoms with Gasteiger partial charge in [-0.1, -0.05) is 23.5 Å². The quantitative estimate of drug-likeness (QED) is 0.694. The van der Waals surface area contributed by atoms with Crippen molar-refractivity contribution in [3.63, 3.8) is 0 Å². The largest absolute Gasteiger partial charge is 0.462 e. The van der Waals surface area contributed by atoms with Gasteiger partial charge in [-0.25, -0.2) is 4.79 Å². The molecule has 2 heterocycles. The third-order valence-corrected chi connectivity index (χ3v) is 4.01. The predicted molar refractivity (Wildman–Crippen MR) is 84.0 cm³/mol. The maximum Gasteiger partial charge on any atom is 0.453 e. The number of carbonyl (C=O) groups excluding carboxylic acids is 2. The van der Waals surface area contributed by atoms with E-state index in [-0.39, 0.29) is 27.8 Å². The van der Waals surface area contributed by atoms with Gasteiger partial charge in [-0.2, -0.15) is 17.7 Å². The fourth-order valence-corrected chi connectivity index (χ4v) is 2.77. The summed E-state index contributed by atoms with van der Waals surface area (Å²) in [5, 5.41) is 12.2. The highest BCUT2D eigenvalue weighted by molar-refractivity contribution is 7.18. The fraction of sp³-hybridized carbons (Fsp3) is 0.214. The number of esters is 1. The van der Waals surface area contributed by atoms with Crippen molar-refractivity contribution in [2.75, 3.05) is 11.9 Å². The van der Waals surface area contributed by atoms with Crippen molar-refractivity contribution < 1.29 is 27.5 Å². The Morgan fingerprint density at radius 2 is 2.00 bits per heavy atom. The molecular formula is C14H10F3N5O3S. The molecule has 1 N–H and O–H groups in total. The highest BCUT2D eigenvalue weighted by atomic mass is 32.1. The second-order valence-corrected chi connectivity index (χ2v) is 5.80. The van der Waals surface area contributed by atoms with Crippen LogP contribution in [0.25, 0.3) is 4.96 Å². The summed E-state index contributed by atoms with van der Waals surface area (Å²) in [4.78, 5) is 24.0. The van der Waals surface area contributed by atoms with Crippen LogP contribution < -0.4 is 5.32 Å². The van der Waals surface area contributed by atoms with Gasteiger partial charge in [-0.15, -0.1) is 15.3 Å². The number of rotatable bonds is 4. The molecule has 0 fully saturated rings. The Morgan fingerprint density at radius 3 is 2.69 bits per heavy atom. The van der Waals surface area contributed by atoms with E-state index in [1.165, 1.54) is 12.1 Å². The zero-order chi connectivity index (χ0) is 18.9. The Bertz CT molecular complexity index is 982. The first-order valence-electron chi connectivity index (χ1n) is 7.18. The summed E-state index contributed by atoms with van der Waals surface area (Å²) in [5.74, 6) is -2.75. The highest BCUT2D eigenvalue weighted by Crippen LogP contribution is 2.29. The molecule has 0 unspecified atom stereocenters. The first-order valence-corrected chi connectivity index (χ1v) is 8.00. The number of hydrogen-bond acceptors (Lipinski definition) is 7. The lowest BCUT2D eigenvalue weighted by Gasteiger charge is -2.09. The van der Waals surface area contributed by atoms with Gasteiger partial charge in [0.05, 0.1) is 17.9 Å². The number of fused-ring (bicyclic) bond motifs is 1. The fourth-order valence-electron chi connectivity index (χ4n) is 2.04. The second kappa shape index (κ2) is 6.71. The predicted octanol–water partition coefficient (Wildman–Crippen LogP) is 2.63. The van der Waals surface area contributed by atoms with Crippen molar-refractivity contribution in [1.82, 2.24) is 19.8 Å². The van der Waals surface area contributed by atoms with Crippen molar-refractivity contribution >= 4 is 33.9 Å². The number of halogens is 3. The molecule has 0 aliphatic carbocycles. The first kappa shape index (κ1) is 17.8. The third kappa shape index (κ3) is 3.35. The van der Waals surface area contributed by atoms with Crippen LogP contribution in [0, 0.1) is 0 Å². The summed E-state index contributed by atoms with van der Waals surface area (Å²) in [7, 11) is 0. The van der Waals surface area contributed by atoms with Crippen LogP contribution in [0.15, 0.2) is 24.3 Å². The molecule has 0 aliphatic heterocycles. The molecule has 3 aromatic rings. The Morgan fingerprint density at radius 1 is 1.27 bits per heavy atom. The summed E-state index contributed by atoms with van der Waals surface area (Å²) in [6, 6.07) is 6.08. The summed E-state index contributed by atoms with van der Waals surface area (Å²) in [5.41, 5.74) is 0.264. The molecule has 0 atom stereocenters. The minimum atomic E-state index is -4.75. The van der Waals surface area contributed by atoms with E-state index in [0.717, 1.165) is 0 Å². The molecule has 0 saturated heterocycles. The normalized spacial score (nSPS) is 11.5. The van der Waals surface area contributed by atoms with Crippen molar-refractivity contribution in [2.45, 2.75) is 13.1 Å². The van der Waals surface area contributed by atoms with E-state index in [4.69, 9.17) is 4.74 Å². The maximum atomic E-state index is 12.8. The molecule has 0 aliphatic rings. The van der Waals surface area contributed by atoms with Crippen molar-refractivity contribution in [3.05, 3.63) is 40.7 Å². The van der Waals surface area contributed by atoms with Crippen LogP contribution in [0.1, 0.15) is 32.9 Å². The van der Waals surface area contributed by atoms with Crippen LogP contribution in [0.4, 0.5) is 18.9 Å². The van der Waals surface area contributed by atoms with Crippen LogP contribution >= 0.6 is 11.3 Å². The van der Waals surface area contributed by atoms with Gasteiger partial charge in [0.25, 0.3) is 11.7 Å². The zero-order valence-electron chi connectivity index (χ0n) is 13.1. The van der Waals surface area contributed by atoms with Gasteiger partial charge >= 0.3 is 12.1 Å². The molecule has 2 aromatic heterocycles. The minimum absolute atomic E-state index is 0.113. The lowest BCUT2D eigenvalue weighted by molar-refractivity contribution is -0.146. The summed E-state index contributed by atoms with van der Waals surface area (Å²) in [6.07, 6.45) is -4.75. The van der Waals surface area contributed by atoms with Crippen LogP contribution in [0.3, 0.4) is 0 Å². The van der Waals surface area contributed by atoms with Crippen molar-refractivity contribution in [2.24, 2.45) is 0 Å². The van der Waals surface area contributed by atoms with E-state index in [9.17, 15) is 22.8 Å². The molecule has 1 aromatic carbocycles. The van der Waals surface area contributed by atoms with E-state index >= 15 is 0 Å². The number of hydrogen-bond donors (Lipinski definition) is 1. The van der Waals surface area contributed by atoms with Crippen LogP contribution in [-0.4, -0.2) is 38.3 Å². The number of anilines is 1. The molecule has 0 spiro atoms. The number of amides is 1. The first-order chi connectivity index (χ1) is 12.3. The van der Waals surface area contributed by atoms with Gasteiger partial charge in [-0.05, 0) is 19.1 Å². The third-order valence-electron chi connectivity index (χ3n) is 3.11. The summed E-state index contributed by atoms with van der Waals surface area (Å²) in [6.45, 7) is 1.79. The zero-order valence-corrected chi connectivity index (χ0v) is 13.9. The van der Waals surface area contributed by atoms with Crippen molar-refractivity contribution in [3.8, 4) is 0 Å². The second-order valence-electron chi connectivity index (χ2n) is 4.84. The molecule has 12 heteroatoms. The number of nitrogens with one attached hydrogen (secondary N) is 1. The van der Waals surface area contributed by atoms with Crippen LogP contribution in [-0.2, 0) is 10.9 Å². The van der Waals surface area contributed by atoms with E-state index < -0.39 is 23.9 Å². The summed E-state index contributed by atoms with van der Waals surface area (Å²) >= 11 is 0.636. The molecule has 3 rings (SSSR count). The molecule has 0 bridgehead atoms. The number of para-hydroxylation sites is 1. The van der Waals surface area contributed by atoms with Gasteiger partial charge in [0.15, 0.2) is 0 Å². The molecular weight excluding hydrogens is 375 g/mol. The molecule has 0 saturated carbocycles. The Hall–Kier alpha value is -3.02. The van der Waals surface area contributed by atoms with Gasteiger partial charge in [0.2, 0.25) is 9.97 Å². The highest BCUT2D eigenvalue weighted by Gasteiger charge is 2.38. The summed E-state index contributed by atoms with van der Waals surface area (Å²) < 4.78 is 43.8. The average molecular weight is 385 g/mol. The monoisotopic (exact) mass is 385 g/mol. The van der Waals surface area contributed by atoms with E-state index in [2.05, 4.69) is 20.6 Å². The molecule has 26 heavy (non-hydrogen) atoms. The Balaban J connectivity index is 1.89. The molecule has 8 nitrogen and oxygen atoms in total. The number of alkyl halides is 3.